The number of carbonyl (C=O) groups is 3. The SMILES string of the molecule is CCOC(=O)CSCC(=O)N1CC[NH+](CC(=O)NC)CC1. The first-order valence-electron chi connectivity index (χ1n) is 7.12. The van der Waals surface area contributed by atoms with Gasteiger partial charge in [0.1, 0.15) is 0 Å². The number of ether oxygens (including phenoxy) is 1. The highest BCUT2D eigenvalue weighted by Gasteiger charge is 2.24. The molecule has 0 aromatic heterocycles. The summed E-state index contributed by atoms with van der Waals surface area (Å²) in [4.78, 5) is 37.4. The molecule has 1 saturated heterocycles. The molecule has 0 aliphatic carbocycles. The first-order valence-corrected chi connectivity index (χ1v) is 8.27. The predicted octanol–water partition coefficient (Wildman–Crippen LogP) is -2.24. The van der Waals surface area contributed by atoms with Crippen LogP contribution in [0.1, 0.15) is 6.92 Å². The van der Waals surface area contributed by atoms with Gasteiger partial charge in [-0.05, 0) is 6.92 Å². The number of amides is 2. The Morgan fingerprint density at radius 1 is 1.24 bits per heavy atom. The number of thioether (sulfide) groups is 1. The minimum atomic E-state index is -0.282. The number of piperazine rings is 1. The zero-order chi connectivity index (χ0) is 15.7. The van der Waals surface area contributed by atoms with Gasteiger partial charge in [0.05, 0.1) is 44.3 Å². The van der Waals surface area contributed by atoms with E-state index in [-0.39, 0.29) is 23.5 Å². The maximum Gasteiger partial charge on any atom is 0.315 e. The Morgan fingerprint density at radius 3 is 2.48 bits per heavy atom. The number of likely N-dealkylation sites (N-methyl/N-ethyl adjacent to an activating group) is 1. The van der Waals surface area contributed by atoms with E-state index in [4.69, 9.17) is 4.74 Å². The van der Waals surface area contributed by atoms with Crippen molar-refractivity contribution in [1.29, 1.82) is 0 Å². The van der Waals surface area contributed by atoms with Crippen molar-refractivity contribution in [3.63, 3.8) is 0 Å². The normalized spacial score (nSPS) is 15.6. The molecule has 0 aromatic carbocycles. The van der Waals surface area contributed by atoms with Crippen molar-refractivity contribution < 1.29 is 24.0 Å². The fourth-order valence-electron chi connectivity index (χ4n) is 2.08. The van der Waals surface area contributed by atoms with Gasteiger partial charge in [-0.2, -0.15) is 0 Å². The van der Waals surface area contributed by atoms with Crippen LogP contribution in [0.3, 0.4) is 0 Å². The van der Waals surface area contributed by atoms with Crippen LogP contribution in [0.15, 0.2) is 0 Å². The van der Waals surface area contributed by atoms with E-state index in [1.165, 1.54) is 16.7 Å². The van der Waals surface area contributed by atoms with Gasteiger partial charge in [-0.3, -0.25) is 14.4 Å². The molecular weight excluding hydrogens is 294 g/mol. The van der Waals surface area contributed by atoms with Gasteiger partial charge in [-0.1, -0.05) is 0 Å². The van der Waals surface area contributed by atoms with Crippen LogP contribution < -0.4 is 10.2 Å². The Balaban J connectivity index is 2.19. The number of hydrogen-bond donors (Lipinski definition) is 2. The van der Waals surface area contributed by atoms with E-state index in [2.05, 4.69) is 5.32 Å². The quantitative estimate of drug-likeness (QED) is 0.519. The molecule has 0 radical (unpaired) electrons. The van der Waals surface area contributed by atoms with Crippen molar-refractivity contribution in [3.05, 3.63) is 0 Å². The average molecular weight is 318 g/mol. The molecule has 0 bridgehead atoms. The molecule has 21 heavy (non-hydrogen) atoms. The molecular formula is C13H24N3O4S+. The lowest BCUT2D eigenvalue weighted by Gasteiger charge is -2.31. The Kier molecular flexibility index (Phi) is 8.14. The fraction of sp³-hybridized carbons (Fsp3) is 0.769. The summed E-state index contributed by atoms with van der Waals surface area (Å²) in [5.74, 6) is 0.290. The van der Waals surface area contributed by atoms with Crippen molar-refractivity contribution >= 4 is 29.5 Å². The molecule has 0 atom stereocenters. The highest BCUT2D eigenvalue weighted by atomic mass is 32.2. The van der Waals surface area contributed by atoms with Crippen molar-refractivity contribution in [1.82, 2.24) is 10.2 Å². The second kappa shape index (κ2) is 9.62. The zero-order valence-electron chi connectivity index (χ0n) is 12.6. The summed E-state index contributed by atoms with van der Waals surface area (Å²) in [5, 5.41) is 2.61. The molecule has 0 saturated carbocycles. The smallest absolute Gasteiger partial charge is 0.315 e. The number of quaternary nitrogens is 1. The van der Waals surface area contributed by atoms with Gasteiger partial charge < -0.3 is 19.9 Å². The molecule has 7 nitrogen and oxygen atoms in total. The van der Waals surface area contributed by atoms with Crippen LogP contribution in [-0.4, -0.2) is 80.6 Å². The Bertz CT molecular complexity index is 370. The third-order valence-electron chi connectivity index (χ3n) is 3.26. The highest BCUT2D eigenvalue weighted by molar-refractivity contribution is 8.00. The maximum absolute atomic E-state index is 12.0. The second-order valence-corrected chi connectivity index (χ2v) is 5.76. The molecule has 2 N–H and O–H groups in total. The number of carbonyl (C=O) groups excluding carboxylic acids is 3. The molecule has 1 fully saturated rings. The number of nitrogens with zero attached hydrogens (tertiary/aromatic N) is 1. The molecule has 0 spiro atoms. The Labute approximate surface area is 129 Å². The standard InChI is InChI=1S/C13H23N3O4S/c1-3-20-13(19)10-21-9-12(18)16-6-4-15(5-7-16)8-11(17)14-2/h3-10H2,1-2H3,(H,14,17)/p+1. The summed E-state index contributed by atoms with van der Waals surface area (Å²) in [6.45, 7) is 5.45. The maximum atomic E-state index is 12.0. The number of hydrogen-bond acceptors (Lipinski definition) is 5. The lowest BCUT2D eigenvalue weighted by Crippen LogP contribution is -3.15. The van der Waals surface area contributed by atoms with E-state index in [0.717, 1.165) is 13.1 Å². The van der Waals surface area contributed by atoms with E-state index in [1.807, 2.05) is 0 Å². The van der Waals surface area contributed by atoms with Crippen LogP contribution in [0.5, 0.6) is 0 Å². The molecule has 120 valence electrons. The topological polar surface area (TPSA) is 80.2 Å². The van der Waals surface area contributed by atoms with Gasteiger partial charge in [-0.25, -0.2) is 0 Å². The first-order chi connectivity index (χ1) is 10.1. The monoisotopic (exact) mass is 318 g/mol. The number of esters is 1. The highest BCUT2D eigenvalue weighted by Crippen LogP contribution is 2.04. The van der Waals surface area contributed by atoms with Crippen LogP contribution in [0, 0.1) is 0 Å². The van der Waals surface area contributed by atoms with Crippen molar-refractivity contribution in [2.24, 2.45) is 0 Å². The number of nitrogens with one attached hydrogen (secondary N) is 2. The summed E-state index contributed by atoms with van der Waals surface area (Å²) in [6.07, 6.45) is 0. The molecule has 1 aliphatic rings. The lowest BCUT2D eigenvalue weighted by molar-refractivity contribution is -0.896. The number of rotatable bonds is 7. The zero-order valence-corrected chi connectivity index (χ0v) is 13.5. The van der Waals surface area contributed by atoms with Gasteiger partial charge in [0.2, 0.25) is 5.91 Å². The lowest BCUT2D eigenvalue weighted by atomic mass is 10.3. The average Bonchev–Trinajstić information content (AvgIpc) is 2.48. The molecule has 2 amide bonds. The van der Waals surface area contributed by atoms with E-state index in [1.54, 1.807) is 18.9 Å². The first kappa shape index (κ1) is 17.8. The Hall–Kier alpha value is -1.28. The van der Waals surface area contributed by atoms with Crippen LogP contribution in [0.4, 0.5) is 0 Å². The van der Waals surface area contributed by atoms with Gasteiger partial charge in [0.15, 0.2) is 6.54 Å². The van der Waals surface area contributed by atoms with Gasteiger partial charge in [-0.15, -0.1) is 11.8 Å². The summed E-state index contributed by atoms with van der Waals surface area (Å²) >= 11 is 1.28. The summed E-state index contributed by atoms with van der Waals surface area (Å²) in [7, 11) is 1.63. The summed E-state index contributed by atoms with van der Waals surface area (Å²) in [6, 6.07) is 0. The van der Waals surface area contributed by atoms with Crippen LogP contribution >= 0.6 is 11.8 Å². The molecule has 8 heteroatoms. The van der Waals surface area contributed by atoms with Crippen molar-refractivity contribution in [3.8, 4) is 0 Å². The molecule has 0 unspecified atom stereocenters. The van der Waals surface area contributed by atoms with Gasteiger partial charge in [0.25, 0.3) is 5.91 Å². The minimum absolute atomic E-state index is 0.0229. The van der Waals surface area contributed by atoms with Crippen molar-refractivity contribution in [2.75, 3.05) is 57.9 Å². The second-order valence-electron chi connectivity index (χ2n) is 4.78. The molecule has 1 rings (SSSR count). The van der Waals surface area contributed by atoms with Crippen LogP contribution in [-0.2, 0) is 19.1 Å². The van der Waals surface area contributed by atoms with Crippen molar-refractivity contribution in [2.45, 2.75) is 6.92 Å². The van der Waals surface area contributed by atoms with Gasteiger partial charge in [0, 0.05) is 7.05 Å². The third kappa shape index (κ3) is 6.81. The van der Waals surface area contributed by atoms with E-state index in [0.29, 0.717) is 32.0 Å². The summed E-state index contributed by atoms with van der Waals surface area (Å²) < 4.78 is 4.80. The Morgan fingerprint density at radius 2 is 1.90 bits per heavy atom. The largest absolute Gasteiger partial charge is 0.465 e. The van der Waals surface area contributed by atoms with E-state index < -0.39 is 0 Å². The van der Waals surface area contributed by atoms with Crippen LogP contribution in [0.25, 0.3) is 0 Å². The van der Waals surface area contributed by atoms with Gasteiger partial charge >= 0.3 is 5.97 Å². The third-order valence-corrected chi connectivity index (χ3v) is 4.15. The predicted molar refractivity (Wildman–Crippen MR) is 80.2 cm³/mol. The minimum Gasteiger partial charge on any atom is -0.465 e. The van der Waals surface area contributed by atoms with E-state index >= 15 is 0 Å². The molecule has 0 aromatic rings. The van der Waals surface area contributed by atoms with Crippen LogP contribution in [0.2, 0.25) is 0 Å². The summed E-state index contributed by atoms with van der Waals surface area (Å²) in [5.41, 5.74) is 0. The molecule has 1 heterocycles. The fourth-order valence-corrected chi connectivity index (χ4v) is 2.79. The van der Waals surface area contributed by atoms with E-state index in [9.17, 15) is 14.4 Å². The molecule has 1 aliphatic heterocycles.